The van der Waals surface area contributed by atoms with Gasteiger partial charge in [0.25, 0.3) is 5.70 Å². The zero-order valence-corrected chi connectivity index (χ0v) is 10.5. The molecule has 96 valence electrons. The van der Waals surface area contributed by atoms with Crippen LogP contribution in [0.3, 0.4) is 0 Å². The Morgan fingerprint density at radius 1 is 0.947 bits per heavy atom. The molecule has 0 saturated carbocycles. The molecule has 1 N–H and O–H groups in total. The summed E-state index contributed by atoms with van der Waals surface area (Å²) in [5.74, 6) is 0. The van der Waals surface area contributed by atoms with Gasteiger partial charge in [0.1, 0.15) is 5.70 Å². The fourth-order valence-corrected chi connectivity index (χ4v) is 1.94. The molecule has 0 spiro atoms. The highest BCUT2D eigenvalue weighted by Gasteiger charge is 2.21. The van der Waals surface area contributed by atoms with Crippen molar-refractivity contribution in [1.29, 1.82) is 0 Å². The first kappa shape index (κ1) is 12.8. The molecule has 0 fully saturated rings. The number of hydrogen-bond acceptors (Lipinski definition) is 3. The van der Waals surface area contributed by atoms with E-state index in [0.29, 0.717) is 11.3 Å². The SMILES string of the molecule is CN/C(=C(/c1ccccc1)[N+](=O)[O-])c1ccccc1. The third kappa shape index (κ3) is 2.80. The third-order valence-electron chi connectivity index (χ3n) is 2.78. The van der Waals surface area contributed by atoms with Crippen LogP contribution in [-0.4, -0.2) is 12.0 Å². The summed E-state index contributed by atoms with van der Waals surface area (Å²) in [5.41, 5.74) is 1.97. The first-order chi connectivity index (χ1) is 9.24. The van der Waals surface area contributed by atoms with Crippen LogP contribution >= 0.6 is 0 Å². The fraction of sp³-hybridized carbons (Fsp3) is 0.0667. The predicted molar refractivity (Wildman–Crippen MR) is 75.8 cm³/mol. The molecule has 0 bridgehead atoms. The van der Waals surface area contributed by atoms with E-state index in [2.05, 4.69) is 5.32 Å². The number of nitrogens with zero attached hydrogens (tertiary/aromatic N) is 1. The lowest BCUT2D eigenvalue weighted by Gasteiger charge is -2.09. The zero-order chi connectivity index (χ0) is 13.7. The maximum atomic E-state index is 11.4. The highest BCUT2D eigenvalue weighted by molar-refractivity contribution is 5.85. The summed E-state index contributed by atoms with van der Waals surface area (Å²) in [4.78, 5) is 11.0. The number of nitrogens with one attached hydrogen (secondary N) is 1. The van der Waals surface area contributed by atoms with Gasteiger partial charge in [-0.2, -0.15) is 0 Å². The van der Waals surface area contributed by atoms with Gasteiger partial charge in [-0.25, -0.2) is 0 Å². The first-order valence-corrected chi connectivity index (χ1v) is 5.91. The molecule has 4 heteroatoms. The number of rotatable bonds is 4. The molecule has 0 aromatic heterocycles. The molecule has 2 aromatic rings. The van der Waals surface area contributed by atoms with Crippen molar-refractivity contribution in [3.8, 4) is 0 Å². The van der Waals surface area contributed by atoms with Gasteiger partial charge in [0, 0.05) is 12.6 Å². The Hall–Kier alpha value is -2.62. The lowest BCUT2D eigenvalue weighted by Crippen LogP contribution is -2.12. The number of hydrogen-bond donors (Lipinski definition) is 1. The smallest absolute Gasteiger partial charge is 0.300 e. The van der Waals surface area contributed by atoms with E-state index >= 15 is 0 Å². The topological polar surface area (TPSA) is 55.2 Å². The molecule has 2 aromatic carbocycles. The van der Waals surface area contributed by atoms with Gasteiger partial charge in [-0.3, -0.25) is 10.1 Å². The lowest BCUT2D eigenvalue weighted by molar-refractivity contribution is -0.374. The van der Waals surface area contributed by atoms with Gasteiger partial charge in [0.05, 0.1) is 10.5 Å². The van der Waals surface area contributed by atoms with E-state index in [4.69, 9.17) is 0 Å². The van der Waals surface area contributed by atoms with Crippen molar-refractivity contribution in [1.82, 2.24) is 5.32 Å². The van der Waals surface area contributed by atoms with Crippen LogP contribution in [0.2, 0.25) is 0 Å². The average molecular weight is 254 g/mol. The molecule has 0 aliphatic rings. The van der Waals surface area contributed by atoms with Crippen molar-refractivity contribution in [3.63, 3.8) is 0 Å². The highest BCUT2D eigenvalue weighted by atomic mass is 16.6. The molecule has 0 aliphatic carbocycles. The molecule has 4 nitrogen and oxygen atoms in total. The number of nitro groups is 1. The van der Waals surface area contributed by atoms with Crippen LogP contribution in [0.1, 0.15) is 11.1 Å². The van der Waals surface area contributed by atoms with E-state index in [-0.39, 0.29) is 10.6 Å². The monoisotopic (exact) mass is 254 g/mol. The molecule has 0 aliphatic heterocycles. The van der Waals surface area contributed by atoms with Crippen molar-refractivity contribution in [2.45, 2.75) is 0 Å². The van der Waals surface area contributed by atoms with Crippen LogP contribution in [0.15, 0.2) is 60.7 Å². The van der Waals surface area contributed by atoms with E-state index in [0.717, 1.165) is 5.56 Å². The quantitative estimate of drug-likeness (QED) is 0.518. The molecular formula is C15H14N2O2. The molecule has 0 heterocycles. The van der Waals surface area contributed by atoms with Crippen LogP contribution in [-0.2, 0) is 0 Å². The Bertz CT molecular complexity index is 592. The summed E-state index contributed by atoms with van der Waals surface area (Å²) in [6, 6.07) is 18.2. The summed E-state index contributed by atoms with van der Waals surface area (Å²) < 4.78 is 0. The van der Waals surface area contributed by atoms with Gasteiger partial charge in [0.2, 0.25) is 0 Å². The molecule has 0 unspecified atom stereocenters. The molecule has 0 atom stereocenters. The molecule has 2 rings (SSSR count). The van der Waals surface area contributed by atoms with E-state index in [1.165, 1.54) is 0 Å². The zero-order valence-electron chi connectivity index (χ0n) is 10.5. The maximum absolute atomic E-state index is 11.4. The molecule has 19 heavy (non-hydrogen) atoms. The van der Waals surface area contributed by atoms with Crippen LogP contribution in [0.25, 0.3) is 11.4 Å². The summed E-state index contributed by atoms with van der Waals surface area (Å²) in [6.45, 7) is 0. The van der Waals surface area contributed by atoms with Crippen molar-refractivity contribution in [2.24, 2.45) is 0 Å². The molecular weight excluding hydrogens is 240 g/mol. The molecule has 0 saturated heterocycles. The fourth-order valence-electron chi connectivity index (χ4n) is 1.94. The van der Waals surface area contributed by atoms with Crippen molar-refractivity contribution in [3.05, 3.63) is 81.9 Å². The Kier molecular flexibility index (Phi) is 3.93. The van der Waals surface area contributed by atoms with E-state index in [1.54, 1.807) is 31.3 Å². The largest absolute Gasteiger partial charge is 0.382 e. The van der Waals surface area contributed by atoms with Gasteiger partial charge in [-0.05, 0) is 12.1 Å². The highest BCUT2D eigenvalue weighted by Crippen LogP contribution is 2.24. The van der Waals surface area contributed by atoms with Gasteiger partial charge >= 0.3 is 0 Å². The lowest BCUT2D eigenvalue weighted by atomic mass is 10.1. The maximum Gasteiger partial charge on any atom is 0.300 e. The van der Waals surface area contributed by atoms with E-state index in [1.807, 2.05) is 36.4 Å². The van der Waals surface area contributed by atoms with Crippen LogP contribution in [0.5, 0.6) is 0 Å². The predicted octanol–water partition coefficient (Wildman–Crippen LogP) is 3.01. The molecule has 0 radical (unpaired) electrons. The van der Waals surface area contributed by atoms with Gasteiger partial charge < -0.3 is 5.32 Å². The van der Waals surface area contributed by atoms with Crippen molar-refractivity contribution >= 4 is 11.4 Å². The minimum Gasteiger partial charge on any atom is -0.382 e. The first-order valence-electron chi connectivity index (χ1n) is 5.91. The summed E-state index contributed by atoms with van der Waals surface area (Å²) in [6.07, 6.45) is 0. The summed E-state index contributed by atoms with van der Waals surface area (Å²) in [5, 5.41) is 14.3. The van der Waals surface area contributed by atoms with Gasteiger partial charge in [-0.15, -0.1) is 0 Å². The number of benzene rings is 2. The Morgan fingerprint density at radius 2 is 1.42 bits per heavy atom. The van der Waals surface area contributed by atoms with Crippen molar-refractivity contribution in [2.75, 3.05) is 7.05 Å². The van der Waals surface area contributed by atoms with Gasteiger partial charge in [-0.1, -0.05) is 48.5 Å². The van der Waals surface area contributed by atoms with Crippen LogP contribution in [0.4, 0.5) is 0 Å². The van der Waals surface area contributed by atoms with Crippen LogP contribution < -0.4 is 5.32 Å². The summed E-state index contributed by atoms with van der Waals surface area (Å²) in [7, 11) is 1.69. The summed E-state index contributed by atoms with van der Waals surface area (Å²) >= 11 is 0. The van der Waals surface area contributed by atoms with E-state index in [9.17, 15) is 10.1 Å². The molecule has 0 amide bonds. The van der Waals surface area contributed by atoms with Gasteiger partial charge in [0.15, 0.2) is 0 Å². The van der Waals surface area contributed by atoms with E-state index < -0.39 is 0 Å². The third-order valence-corrected chi connectivity index (χ3v) is 2.78. The average Bonchev–Trinajstić information content (AvgIpc) is 2.46. The second-order valence-corrected chi connectivity index (χ2v) is 3.96. The minimum atomic E-state index is -0.353. The Morgan fingerprint density at radius 3 is 1.84 bits per heavy atom. The standard InChI is InChI=1S/C15H14N2O2/c1-16-14(12-8-4-2-5-9-12)15(17(18)19)13-10-6-3-7-11-13/h2-11,16H,1H3/b15-14-. The second kappa shape index (κ2) is 5.82. The minimum absolute atomic E-state index is 0.0781. The Labute approximate surface area is 111 Å². The van der Waals surface area contributed by atoms with Crippen molar-refractivity contribution < 1.29 is 4.92 Å². The Balaban J connectivity index is 2.64. The second-order valence-electron chi connectivity index (χ2n) is 3.96. The normalized spacial score (nSPS) is 11.6. The van der Waals surface area contributed by atoms with Crippen LogP contribution in [0, 0.1) is 10.1 Å².